The van der Waals surface area contributed by atoms with Crippen LogP contribution in [0.4, 0.5) is 4.39 Å². The van der Waals surface area contributed by atoms with Crippen LogP contribution in [-0.2, 0) is 16.0 Å². The molecule has 2 N–H and O–H groups in total. The largest absolute Gasteiger partial charge is 0.379 e. The molecular formula is C17H27FN4O2. The maximum Gasteiger partial charge on any atom is 0.191 e. The van der Waals surface area contributed by atoms with Crippen LogP contribution >= 0.6 is 0 Å². The summed E-state index contributed by atoms with van der Waals surface area (Å²) in [5, 5.41) is 6.35. The maximum atomic E-state index is 13.5. The highest BCUT2D eigenvalue weighted by molar-refractivity contribution is 5.79. The van der Waals surface area contributed by atoms with E-state index in [1.165, 1.54) is 6.07 Å². The first-order chi connectivity index (χ1) is 11.8. The number of pyridine rings is 1. The normalized spacial score (nSPS) is 17.9. The van der Waals surface area contributed by atoms with E-state index in [0.717, 1.165) is 39.0 Å². The third-order valence-electron chi connectivity index (χ3n) is 3.65. The minimum atomic E-state index is -0.334. The molecule has 0 amide bonds. The maximum absolute atomic E-state index is 13.5. The molecule has 6 nitrogen and oxygen atoms in total. The Labute approximate surface area is 142 Å². The molecule has 1 unspecified atom stereocenters. The molecule has 1 aromatic rings. The van der Waals surface area contributed by atoms with Gasteiger partial charge in [-0.1, -0.05) is 0 Å². The summed E-state index contributed by atoms with van der Waals surface area (Å²) in [5.41, 5.74) is 0.342. The molecule has 1 atom stereocenters. The van der Waals surface area contributed by atoms with Crippen molar-refractivity contribution in [2.45, 2.75) is 38.8 Å². The molecule has 134 valence electrons. The van der Waals surface area contributed by atoms with Gasteiger partial charge < -0.3 is 20.1 Å². The Balaban J connectivity index is 1.64. The van der Waals surface area contributed by atoms with Crippen LogP contribution in [0.2, 0.25) is 0 Å². The lowest BCUT2D eigenvalue weighted by Crippen LogP contribution is -2.38. The van der Waals surface area contributed by atoms with E-state index in [9.17, 15) is 4.39 Å². The van der Waals surface area contributed by atoms with Crippen LogP contribution in [0, 0.1) is 5.82 Å². The molecule has 0 bridgehead atoms. The standard InChI is InChI=1S/C17H27FN4O2/c1-2-19-17(22-12-16-15(18)7-3-8-20-16)21-9-5-10-23-13-14-6-4-11-24-14/h3,7-8,14H,2,4-6,9-13H2,1H3,(H2,19,21,22). The van der Waals surface area contributed by atoms with Gasteiger partial charge in [0.15, 0.2) is 5.96 Å². The van der Waals surface area contributed by atoms with Crippen LogP contribution < -0.4 is 10.6 Å². The summed E-state index contributed by atoms with van der Waals surface area (Å²) in [6, 6.07) is 2.96. The first kappa shape index (κ1) is 18.6. The minimum absolute atomic E-state index is 0.206. The Morgan fingerprint density at radius 2 is 2.42 bits per heavy atom. The van der Waals surface area contributed by atoms with Gasteiger partial charge in [0.25, 0.3) is 0 Å². The van der Waals surface area contributed by atoms with Crippen molar-refractivity contribution in [3.05, 3.63) is 29.8 Å². The summed E-state index contributed by atoms with van der Waals surface area (Å²) < 4.78 is 24.7. The monoisotopic (exact) mass is 338 g/mol. The molecule has 0 aromatic carbocycles. The molecule has 0 saturated carbocycles. The van der Waals surface area contributed by atoms with E-state index in [-0.39, 0.29) is 18.5 Å². The lowest BCUT2D eigenvalue weighted by molar-refractivity contribution is 0.0168. The molecule has 0 aliphatic carbocycles. The van der Waals surface area contributed by atoms with E-state index in [2.05, 4.69) is 20.6 Å². The van der Waals surface area contributed by atoms with Gasteiger partial charge in [-0.25, -0.2) is 9.38 Å². The van der Waals surface area contributed by atoms with Crippen molar-refractivity contribution in [2.75, 3.05) is 32.9 Å². The van der Waals surface area contributed by atoms with E-state index < -0.39 is 0 Å². The van der Waals surface area contributed by atoms with Crippen LogP contribution in [0.15, 0.2) is 23.3 Å². The fraction of sp³-hybridized carbons (Fsp3) is 0.647. The van der Waals surface area contributed by atoms with Crippen molar-refractivity contribution < 1.29 is 13.9 Å². The van der Waals surface area contributed by atoms with Gasteiger partial charge in [-0.15, -0.1) is 0 Å². The number of rotatable bonds is 9. The van der Waals surface area contributed by atoms with Crippen molar-refractivity contribution >= 4 is 5.96 Å². The molecule has 1 aliphatic heterocycles. The van der Waals surface area contributed by atoms with Gasteiger partial charge in [0.2, 0.25) is 0 Å². The van der Waals surface area contributed by atoms with Gasteiger partial charge in [0.05, 0.1) is 24.9 Å². The smallest absolute Gasteiger partial charge is 0.191 e. The molecule has 0 spiro atoms. The molecule has 2 heterocycles. The SMILES string of the molecule is CCNC(=NCc1ncccc1F)NCCCOCC1CCCO1. The minimum Gasteiger partial charge on any atom is -0.379 e. The lowest BCUT2D eigenvalue weighted by Gasteiger charge is -2.12. The second-order valence-corrected chi connectivity index (χ2v) is 5.62. The summed E-state index contributed by atoms with van der Waals surface area (Å²) in [6.07, 6.45) is 4.94. The van der Waals surface area contributed by atoms with Gasteiger partial charge in [0.1, 0.15) is 5.82 Å². The third-order valence-corrected chi connectivity index (χ3v) is 3.65. The van der Waals surface area contributed by atoms with Crippen LogP contribution in [-0.4, -0.2) is 50.0 Å². The third kappa shape index (κ3) is 6.80. The zero-order valence-corrected chi connectivity index (χ0v) is 14.3. The van der Waals surface area contributed by atoms with Crippen LogP contribution in [0.1, 0.15) is 31.9 Å². The fourth-order valence-corrected chi connectivity index (χ4v) is 2.40. The number of nitrogens with zero attached hydrogens (tertiary/aromatic N) is 2. The zero-order chi connectivity index (χ0) is 17.0. The van der Waals surface area contributed by atoms with Crippen LogP contribution in [0.5, 0.6) is 0 Å². The van der Waals surface area contributed by atoms with Gasteiger partial charge in [0, 0.05) is 32.5 Å². The molecule has 2 rings (SSSR count). The number of aromatic nitrogens is 1. The number of hydrogen-bond acceptors (Lipinski definition) is 4. The van der Waals surface area contributed by atoms with Gasteiger partial charge in [-0.2, -0.15) is 0 Å². The average molecular weight is 338 g/mol. The Morgan fingerprint density at radius 3 is 3.17 bits per heavy atom. The van der Waals surface area contributed by atoms with Crippen LogP contribution in [0.3, 0.4) is 0 Å². The predicted octanol–water partition coefficient (Wildman–Crippen LogP) is 1.86. The highest BCUT2D eigenvalue weighted by atomic mass is 19.1. The number of hydrogen-bond donors (Lipinski definition) is 2. The van der Waals surface area contributed by atoms with Crippen molar-refractivity contribution in [2.24, 2.45) is 4.99 Å². The summed E-state index contributed by atoms with van der Waals surface area (Å²) in [6.45, 7) is 5.89. The van der Waals surface area contributed by atoms with Crippen molar-refractivity contribution in [1.82, 2.24) is 15.6 Å². The molecule has 1 fully saturated rings. The molecule has 1 saturated heterocycles. The molecule has 7 heteroatoms. The van der Waals surface area contributed by atoms with Crippen molar-refractivity contribution in [3.63, 3.8) is 0 Å². The molecule has 0 radical (unpaired) electrons. The number of nitrogens with one attached hydrogen (secondary N) is 2. The average Bonchev–Trinajstić information content (AvgIpc) is 3.10. The highest BCUT2D eigenvalue weighted by Gasteiger charge is 2.14. The second kappa shape index (κ2) is 10.9. The summed E-state index contributed by atoms with van der Waals surface area (Å²) >= 11 is 0. The van der Waals surface area contributed by atoms with Crippen LogP contribution in [0.25, 0.3) is 0 Å². The topological polar surface area (TPSA) is 67.8 Å². The zero-order valence-electron chi connectivity index (χ0n) is 14.3. The quantitative estimate of drug-likeness (QED) is 0.409. The summed E-state index contributed by atoms with van der Waals surface area (Å²) in [7, 11) is 0. The van der Waals surface area contributed by atoms with Gasteiger partial charge >= 0.3 is 0 Å². The van der Waals surface area contributed by atoms with E-state index in [1.54, 1.807) is 12.3 Å². The van der Waals surface area contributed by atoms with Gasteiger partial charge in [-0.05, 0) is 38.3 Å². The summed E-state index contributed by atoms with van der Waals surface area (Å²) in [5.74, 6) is 0.321. The predicted molar refractivity (Wildman–Crippen MR) is 91.4 cm³/mol. The number of aliphatic imine (C=N–C) groups is 1. The van der Waals surface area contributed by atoms with Gasteiger partial charge in [-0.3, -0.25) is 4.98 Å². The first-order valence-electron chi connectivity index (χ1n) is 8.60. The van der Waals surface area contributed by atoms with Crippen molar-refractivity contribution in [1.29, 1.82) is 0 Å². The highest BCUT2D eigenvalue weighted by Crippen LogP contribution is 2.11. The number of ether oxygens (including phenoxy) is 2. The fourth-order valence-electron chi connectivity index (χ4n) is 2.40. The Hall–Kier alpha value is -1.73. The molecule has 1 aliphatic rings. The Bertz CT molecular complexity index is 507. The summed E-state index contributed by atoms with van der Waals surface area (Å²) in [4.78, 5) is 8.36. The van der Waals surface area contributed by atoms with E-state index in [4.69, 9.17) is 9.47 Å². The number of halogens is 1. The first-order valence-corrected chi connectivity index (χ1v) is 8.60. The van der Waals surface area contributed by atoms with E-state index in [0.29, 0.717) is 24.9 Å². The van der Waals surface area contributed by atoms with E-state index in [1.807, 2.05) is 6.92 Å². The lowest BCUT2D eigenvalue weighted by atomic mass is 10.2. The molecular weight excluding hydrogens is 311 g/mol. The Morgan fingerprint density at radius 1 is 1.50 bits per heavy atom. The Kier molecular flexibility index (Phi) is 8.48. The van der Waals surface area contributed by atoms with E-state index >= 15 is 0 Å². The number of guanidine groups is 1. The molecule has 24 heavy (non-hydrogen) atoms. The van der Waals surface area contributed by atoms with Crippen molar-refractivity contribution in [3.8, 4) is 0 Å². The second-order valence-electron chi connectivity index (χ2n) is 5.62. The molecule has 1 aromatic heterocycles.